The van der Waals surface area contributed by atoms with Crippen molar-refractivity contribution in [1.29, 1.82) is 0 Å². The van der Waals surface area contributed by atoms with Crippen LogP contribution in [-0.2, 0) is 4.79 Å². The number of rotatable bonds is 4. The number of thiol groups is 1. The average molecular weight is 328 g/mol. The van der Waals surface area contributed by atoms with Gasteiger partial charge < -0.3 is 5.73 Å². The largest absolute Gasteiger partial charge is 0.369 e. The van der Waals surface area contributed by atoms with Gasteiger partial charge in [0.2, 0.25) is 5.91 Å². The maximum Gasteiger partial charge on any atom is 0.224 e. The van der Waals surface area contributed by atoms with Crippen molar-refractivity contribution < 1.29 is 4.79 Å². The van der Waals surface area contributed by atoms with Crippen LogP contribution in [0.2, 0.25) is 0 Å². The van der Waals surface area contributed by atoms with Crippen LogP contribution >= 0.6 is 10.9 Å². The maximum absolute atomic E-state index is 11.2. The number of pyridine rings is 1. The first-order valence-electron chi connectivity index (χ1n) is 7.75. The van der Waals surface area contributed by atoms with Crippen molar-refractivity contribution in [1.82, 2.24) is 4.98 Å². The minimum Gasteiger partial charge on any atom is -0.369 e. The van der Waals surface area contributed by atoms with Crippen LogP contribution in [0.4, 0.5) is 0 Å². The number of benzene rings is 1. The van der Waals surface area contributed by atoms with Gasteiger partial charge in [-0.25, -0.2) is 10.9 Å². The van der Waals surface area contributed by atoms with E-state index in [9.17, 15) is 4.79 Å². The van der Waals surface area contributed by atoms with Gasteiger partial charge >= 0.3 is 0 Å². The number of amides is 1. The lowest BCUT2D eigenvalue weighted by Crippen LogP contribution is -2.36. The van der Waals surface area contributed by atoms with Crippen LogP contribution in [-0.4, -0.2) is 16.6 Å². The first-order chi connectivity index (χ1) is 11.0. The van der Waals surface area contributed by atoms with E-state index in [0.717, 1.165) is 17.7 Å². The van der Waals surface area contributed by atoms with E-state index in [4.69, 9.17) is 5.73 Å². The summed E-state index contributed by atoms with van der Waals surface area (Å²) in [4.78, 5) is 15.4. The van der Waals surface area contributed by atoms with E-state index in [1.807, 2.05) is 56.5 Å². The van der Waals surface area contributed by atoms with Gasteiger partial charge in [0.1, 0.15) is 0 Å². The molecule has 0 saturated heterocycles. The molecule has 122 valence electrons. The van der Waals surface area contributed by atoms with Crippen molar-refractivity contribution in [2.45, 2.75) is 20.3 Å². The van der Waals surface area contributed by atoms with Crippen molar-refractivity contribution in [3.8, 4) is 0 Å². The van der Waals surface area contributed by atoms with Crippen molar-refractivity contribution in [3.05, 3.63) is 65.6 Å². The van der Waals surface area contributed by atoms with Crippen molar-refractivity contribution >= 4 is 27.7 Å². The van der Waals surface area contributed by atoms with E-state index in [1.165, 1.54) is 5.39 Å². The van der Waals surface area contributed by atoms with Gasteiger partial charge in [-0.3, -0.25) is 9.78 Å². The molecular weight excluding hydrogens is 304 g/mol. The second kappa shape index (κ2) is 7.97. The van der Waals surface area contributed by atoms with Gasteiger partial charge in [0, 0.05) is 11.6 Å². The molecule has 1 aromatic heterocycles. The summed E-state index contributed by atoms with van der Waals surface area (Å²) in [5.74, 6) is 0.715. The lowest BCUT2D eigenvalue weighted by molar-refractivity contribution is -0.125. The van der Waals surface area contributed by atoms with Gasteiger partial charge in [0.05, 0.1) is 10.9 Å². The van der Waals surface area contributed by atoms with Gasteiger partial charge in [-0.1, -0.05) is 50.3 Å². The zero-order chi connectivity index (χ0) is 16.7. The normalized spacial score (nSPS) is 16.7. The molecule has 3 rings (SSSR count). The lowest BCUT2D eigenvalue weighted by Gasteiger charge is -2.27. The molecule has 0 aliphatic carbocycles. The molecule has 0 fully saturated rings. The molecule has 0 spiro atoms. The minimum atomic E-state index is -0.329. The average Bonchev–Trinajstić information content (AvgIpc) is 3.08. The highest BCUT2D eigenvalue weighted by Crippen LogP contribution is 2.40. The van der Waals surface area contributed by atoms with Gasteiger partial charge in [0.25, 0.3) is 0 Å². The molecule has 1 amide bonds. The van der Waals surface area contributed by atoms with Crippen molar-refractivity contribution in [3.63, 3.8) is 0 Å². The number of nitrogens with two attached hydrogens (primary N) is 1. The monoisotopic (exact) mass is 328 g/mol. The van der Waals surface area contributed by atoms with Crippen LogP contribution in [0.5, 0.6) is 0 Å². The third-order valence-electron chi connectivity index (χ3n) is 4.09. The van der Waals surface area contributed by atoms with Crippen LogP contribution in [0, 0.1) is 5.41 Å². The third kappa shape index (κ3) is 4.70. The van der Waals surface area contributed by atoms with E-state index >= 15 is 0 Å². The highest BCUT2D eigenvalue weighted by Gasteiger charge is 2.30. The minimum absolute atomic E-state index is 0.175. The molecule has 2 aromatic rings. The second-order valence-electron chi connectivity index (χ2n) is 5.83. The zero-order valence-corrected chi connectivity index (χ0v) is 14.5. The molecule has 2 heterocycles. The Morgan fingerprint density at radius 2 is 1.83 bits per heavy atom. The number of aromatic nitrogens is 1. The summed E-state index contributed by atoms with van der Waals surface area (Å²) in [5.41, 5.74) is 6.11. The van der Waals surface area contributed by atoms with Gasteiger partial charge in [0.15, 0.2) is 0 Å². The summed E-state index contributed by atoms with van der Waals surface area (Å²) in [6.07, 6.45) is 6.72. The van der Waals surface area contributed by atoms with E-state index in [0.29, 0.717) is 0 Å². The number of allylic oxidation sites excluding steroid dienone is 2. The Bertz CT molecular complexity index is 649. The number of hydrogen-bond acceptors (Lipinski definition) is 2. The highest BCUT2D eigenvalue weighted by molar-refractivity contribution is 8.22. The van der Waals surface area contributed by atoms with E-state index in [2.05, 4.69) is 27.9 Å². The Kier molecular flexibility index (Phi) is 5.99. The highest BCUT2D eigenvalue weighted by atomic mass is 32.2. The molecule has 23 heavy (non-hydrogen) atoms. The summed E-state index contributed by atoms with van der Waals surface area (Å²) in [6, 6.07) is 12.1. The number of carbonyl (C=O) groups excluding carboxylic acids is 1. The standard InChI is InChI=1S/C10H17NOS.C9H7N/c1-3-10(2,9(11)12)8-13-6-4-5-7-13;1-2-6-9-8(4-1)5-3-7-10-9/h4-7,13H,3,8H2,1-2H3,(H2,11,12);1-7H. The smallest absolute Gasteiger partial charge is 0.224 e. The molecule has 1 aliphatic rings. The van der Waals surface area contributed by atoms with Crippen LogP contribution in [0.25, 0.3) is 10.9 Å². The number of fused-ring (bicyclic) bond motifs is 1. The number of carbonyl (C=O) groups is 1. The molecule has 1 aliphatic heterocycles. The van der Waals surface area contributed by atoms with Gasteiger partial charge in [-0.05, 0) is 35.1 Å². The van der Waals surface area contributed by atoms with Crippen LogP contribution < -0.4 is 5.73 Å². The fraction of sp³-hybridized carbons (Fsp3) is 0.263. The molecule has 1 atom stereocenters. The topological polar surface area (TPSA) is 56.0 Å². The number of primary amides is 1. The molecule has 1 aromatic carbocycles. The van der Waals surface area contributed by atoms with Gasteiger partial charge in [-0.15, -0.1) is 0 Å². The lowest BCUT2D eigenvalue weighted by atomic mass is 9.89. The molecular formula is C19H24N2OS. The Morgan fingerprint density at radius 3 is 2.43 bits per heavy atom. The SMILES string of the molecule is CCC(C)(C[SH]1C=CC=C1)C(N)=O.c1ccc2ncccc2c1. The van der Waals surface area contributed by atoms with Crippen molar-refractivity contribution in [2.75, 3.05) is 5.75 Å². The molecule has 0 radical (unpaired) electrons. The Hall–Kier alpha value is -2.07. The van der Waals surface area contributed by atoms with Crippen LogP contribution in [0.3, 0.4) is 0 Å². The summed E-state index contributed by atoms with van der Waals surface area (Å²) in [5, 5.41) is 5.54. The Morgan fingerprint density at radius 1 is 1.17 bits per heavy atom. The number of para-hydroxylation sites is 1. The molecule has 0 bridgehead atoms. The molecule has 4 heteroatoms. The quantitative estimate of drug-likeness (QED) is 0.828. The fourth-order valence-electron chi connectivity index (χ4n) is 2.26. The first kappa shape index (κ1) is 17.3. The van der Waals surface area contributed by atoms with Crippen molar-refractivity contribution in [2.24, 2.45) is 11.1 Å². The molecule has 0 saturated carbocycles. The predicted molar refractivity (Wildman–Crippen MR) is 101 cm³/mol. The van der Waals surface area contributed by atoms with E-state index < -0.39 is 0 Å². The number of hydrogen-bond donors (Lipinski definition) is 2. The Labute approximate surface area is 140 Å². The van der Waals surface area contributed by atoms with E-state index in [1.54, 1.807) is 0 Å². The molecule has 1 unspecified atom stereocenters. The Balaban J connectivity index is 0.000000172. The molecule has 2 N–H and O–H groups in total. The summed E-state index contributed by atoms with van der Waals surface area (Å²) >= 11 is 0. The summed E-state index contributed by atoms with van der Waals surface area (Å²) < 4.78 is 0. The third-order valence-corrected chi connectivity index (χ3v) is 6.26. The molecule has 3 nitrogen and oxygen atoms in total. The number of nitrogens with zero attached hydrogens (tertiary/aromatic N) is 1. The maximum atomic E-state index is 11.2. The summed E-state index contributed by atoms with van der Waals surface area (Å²) in [7, 11) is -0.233. The van der Waals surface area contributed by atoms with E-state index in [-0.39, 0.29) is 22.2 Å². The zero-order valence-electron chi connectivity index (χ0n) is 13.6. The predicted octanol–water partition coefficient (Wildman–Crippen LogP) is 4.17. The summed E-state index contributed by atoms with van der Waals surface area (Å²) in [6.45, 7) is 3.97. The van der Waals surface area contributed by atoms with Gasteiger partial charge in [-0.2, -0.15) is 0 Å². The van der Waals surface area contributed by atoms with Crippen LogP contribution in [0.15, 0.2) is 65.6 Å². The fourth-order valence-corrected chi connectivity index (χ4v) is 4.40. The first-order valence-corrected chi connectivity index (χ1v) is 9.42. The van der Waals surface area contributed by atoms with Crippen LogP contribution in [0.1, 0.15) is 20.3 Å². The second-order valence-corrected chi connectivity index (χ2v) is 7.77.